The molecule has 13 heteroatoms. The van der Waals surface area contributed by atoms with E-state index in [1.165, 1.54) is 6.42 Å². The van der Waals surface area contributed by atoms with Crippen molar-refractivity contribution in [1.82, 2.24) is 15.5 Å². The normalized spacial score (nSPS) is 25.1. The van der Waals surface area contributed by atoms with Crippen LogP contribution in [0.1, 0.15) is 111 Å². The predicted molar refractivity (Wildman–Crippen MR) is 186 cm³/mol. The number of hydrogen-bond donors (Lipinski definition) is 3. The van der Waals surface area contributed by atoms with Crippen molar-refractivity contribution in [2.45, 2.75) is 115 Å². The number of likely N-dealkylation sites (tertiary alicyclic amines) is 1. The number of aliphatic hydroxyl groups excluding tert-OH is 1. The van der Waals surface area contributed by atoms with Gasteiger partial charge < -0.3 is 25.2 Å². The number of carbonyl (C=O) groups is 2. The van der Waals surface area contributed by atoms with E-state index < -0.39 is 46.8 Å². The summed E-state index contributed by atoms with van der Waals surface area (Å²) in [6, 6.07) is 14.2. The van der Waals surface area contributed by atoms with Gasteiger partial charge in [0.1, 0.15) is 5.56 Å². The zero-order valence-corrected chi connectivity index (χ0v) is 30.1. The van der Waals surface area contributed by atoms with Gasteiger partial charge in [-0.05, 0) is 69.1 Å². The van der Waals surface area contributed by atoms with Crippen molar-refractivity contribution in [3.8, 4) is 0 Å². The second-order valence-electron chi connectivity index (χ2n) is 15.4. The lowest BCUT2D eigenvalue weighted by atomic mass is 9.75. The Morgan fingerprint density at radius 3 is 2.04 bits per heavy atom. The number of nitrogens with one attached hydrogen (secondary N) is 2. The third-order valence-electron chi connectivity index (χ3n) is 10.5. The molecule has 6 rings (SSSR count). The fourth-order valence-electron chi connectivity index (χ4n) is 7.86. The monoisotopic (exact) mass is 743 g/mol. The average molecular weight is 744 g/mol. The number of benzene rings is 3. The largest absolute Gasteiger partial charge is 0.392 e. The molecule has 3 N–H and O–H groups in total. The van der Waals surface area contributed by atoms with Gasteiger partial charge >= 0.3 is 0 Å². The Balaban J connectivity index is 1.22. The second-order valence-corrected chi connectivity index (χ2v) is 15.4. The van der Waals surface area contributed by atoms with Gasteiger partial charge in [0.05, 0.1) is 24.9 Å². The molecule has 3 fully saturated rings. The molecule has 0 aromatic heterocycles. The van der Waals surface area contributed by atoms with Crippen molar-refractivity contribution in [3.05, 3.63) is 105 Å². The maximum Gasteiger partial charge on any atom is 0.257 e. The third kappa shape index (κ3) is 8.74. The minimum atomic E-state index is -2.34. The molecule has 0 radical (unpaired) electrons. The van der Waals surface area contributed by atoms with E-state index >= 15 is 0 Å². The number of nitrogens with zero attached hydrogens (tertiary/aromatic N) is 1. The van der Waals surface area contributed by atoms with Crippen molar-refractivity contribution in [2.24, 2.45) is 5.92 Å². The Morgan fingerprint density at radius 2 is 1.40 bits per heavy atom. The van der Waals surface area contributed by atoms with E-state index in [1.54, 1.807) is 24.3 Å². The van der Waals surface area contributed by atoms with E-state index in [1.807, 2.05) is 45.0 Å². The molecule has 2 heterocycles. The molecule has 2 saturated heterocycles. The molecule has 3 aromatic carbocycles. The van der Waals surface area contributed by atoms with Crippen molar-refractivity contribution < 1.29 is 46.1 Å². The van der Waals surface area contributed by atoms with Gasteiger partial charge in [0.15, 0.2) is 29.6 Å². The van der Waals surface area contributed by atoms with Crippen LogP contribution in [0, 0.1) is 35.0 Å². The van der Waals surface area contributed by atoms with Gasteiger partial charge in [-0.15, -0.1) is 0 Å². The first-order valence-corrected chi connectivity index (χ1v) is 18.2. The van der Waals surface area contributed by atoms with Gasteiger partial charge in [0.2, 0.25) is 11.7 Å². The van der Waals surface area contributed by atoms with Crippen LogP contribution in [0.5, 0.6) is 0 Å². The van der Waals surface area contributed by atoms with Crippen LogP contribution in [0.4, 0.5) is 22.0 Å². The average Bonchev–Trinajstić information content (AvgIpc) is 3.15. The van der Waals surface area contributed by atoms with E-state index in [4.69, 9.17) is 9.47 Å². The summed E-state index contributed by atoms with van der Waals surface area (Å²) in [5, 5.41) is 15.0. The Kier molecular flexibility index (Phi) is 11.9. The van der Waals surface area contributed by atoms with E-state index in [2.05, 4.69) is 15.5 Å². The van der Waals surface area contributed by atoms with Gasteiger partial charge in [-0.3, -0.25) is 14.5 Å². The molecular weight excluding hydrogens is 697 g/mol. The summed E-state index contributed by atoms with van der Waals surface area (Å²) >= 11 is 0. The SMILES string of the molecule is CC(C)(C)NC(=O)[C@H]1CC[C@H]2CCCC[C@H]2N1C[C@@H]1C[C@H](c2ccc(CO)cc2)O[C@H](c2ccc(CNC(=O)c3c(F)c(F)c(F)c(F)c3F)cc2)O1. The van der Waals surface area contributed by atoms with E-state index in [9.17, 15) is 36.6 Å². The van der Waals surface area contributed by atoms with Crippen LogP contribution in [0.2, 0.25) is 0 Å². The predicted octanol–water partition coefficient (Wildman–Crippen LogP) is 7.29. The summed E-state index contributed by atoms with van der Waals surface area (Å²) in [4.78, 5) is 28.6. The highest BCUT2D eigenvalue weighted by atomic mass is 19.2. The number of amides is 2. The van der Waals surface area contributed by atoms with Crippen LogP contribution in [0.25, 0.3) is 0 Å². The number of hydrogen-bond acceptors (Lipinski definition) is 6. The quantitative estimate of drug-likeness (QED) is 0.121. The minimum Gasteiger partial charge on any atom is -0.392 e. The number of ether oxygens (including phenoxy) is 2. The van der Waals surface area contributed by atoms with Crippen LogP contribution in [-0.2, 0) is 27.4 Å². The molecule has 286 valence electrons. The molecule has 2 amide bonds. The Morgan fingerprint density at radius 1 is 0.792 bits per heavy atom. The van der Waals surface area contributed by atoms with Gasteiger partial charge in [-0.2, -0.15) is 0 Å². The van der Waals surface area contributed by atoms with Crippen LogP contribution >= 0.6 is 0 Å². The lowest BCUT2D eigenvalue weighted by molar-refractivity contribution is -0.255. The first-order chi connectivity index (χ1) is 25.2. The summed E-state index contributed by atoms with van der Waals surface area (Å²) in [7, 11) is 0. The molecule has 1 saturated carbocycles. The van der Waals surface area contributed by atoms with Crippen molar-refractivity contribution in [1.29, 1.82) is 0 Å². The summed E-state index contributed by atoms with van der Waals surface area (Å²) in [6.45, 7) is 6.11. The third-order valence-corrected chi connectivity index (χ3v) is 10.5. The Hall–Kier alpha value is -3.91. The molecule has 8 nitrogen and oxygen atoms in total. The molecule has 1 aliphatic carbocycles. The van der Waals surface area contributed by atoms with Gasteiger partial charge in [0.25, 0.3) is 5.91 Å². The molecule has 3 aromatic rings. The van der Waals surface area contributed by atoms with E-state index in [0.717, 1.165) is 43.2 Å². The first-order valence-electron chi connectivity index (χ1n) is 18.2. The zero-order valence-electron chi connectivity index (χ0n) is 30.1. The van der Waals surface area contributed by atoms with Gasteiger partial charge in [-0.25, -0.2) is 22.0 Å². The summed E-state index contributed by atoms with van der Waals surface area (Å²) in [5.74, 6) is -12.1. The molecular formula is C40H46F5N3O5. The van der Waals surface area contributed by atoms with Crippen LogP contribution < -0.4 is 10.6 Å². The highest BCUT2D eigenvalue weighted by Crippen LogP contribution is 2.42. The summed E-state index contributed by atoms with van der Waals surface area (Å²) in [6.07, 6.45) is 5.25. The fraction of sp³-hybridized carbons (Fsp3) is 0.500. The maximum atomic E-state index is 14.2. The maximum absolute atomic E-state index is 14.2. The lowest BCUT2D eigenvalue weighted by Gasteiger charge is -2.50. The van der Waals surface area contributed by atoms with Crippen LogP contribution in [-0.4, -0.2) is 52.1 Å². The highest BCUT2D eigenvalue weighted by molar-refractivity contribution is 5.94. The number of piperidine rings is 1. The van der Waals surface area contributed by atoms with Crippen LogP contribution in [0.3, 0.4) is 0 Å². The van der Waals surface area contributed by atoms with Gasteiger partial charge in [-0.1, -0.05) is 61.4 Å². The van der Waals surface area contributed by atoms with E-state index in [-0.39, 0.29) is 48.9 Å². The highest BCUT2D eigenvalue weighted by Gasteiger charge is 2.44. The smallest absolute Gasteiger partial charge is 0.257 e. The first kappa shape index (κ1) is 38.8. The number of aliphatic hydroxyl groups is 1. The molecule has 53 heavy (non-hydrogen) atoms. The molecule has 3 aliphatic rings. The van der Waals surface area contributed by atoms with Crippen LogP contribution in [0.15, 0.2) is 48.5 Å². The summed E-state index contributed by atoms with van der Waals surface area (Å²) < 4.78 is 82.3. The van der Waals surface area contributed by atoms with Crippen molar-refractivity contribution >= 4 is 11.8 Å². The molecule has 0 spiro atoms. The minimum absolute atomic E-state index is 0.0177. The zero-order chi connectivity index (χ0) is 38.0. The molecule has 0 unspecified atom stereocenters. The molecule has 0 bridgehead atoms. The standard InChI is InChI=1S/C40H46F5N3O5/c1-40(2,3)47-37(50)29-17-16-24-6-4-5-7-28(24)48(29)20-27-18-30(25-12-10-23(21-49)11-13-25)53-39(52-27)26-14-8-22(9-15-26)19-46-38(51)31-32(41)34(43)36(45)35(44)33(31)42/h8-15,24,27-30,39,49H,4-7,16-21H2,1-3H3,(H,46,51)(H,47,50)/t24-,27+,28-,29-,30-,39-/m1/s1. The van der Waals surface area contributed by atoms with E-state index in [0.29, 0.717) is 30.0 Å². The van der Waals surface area contributed by atoms with Crippen molar-refractivity contribution in [2.75, 3.05) is 6.54 Å². The Bertz CT molecular complexity index is 1760. The molecule has 2 aliphatic heterocycles. The number of fused-ring (bicyclic) bond motifs is 1. The lowest BCUT2D eigenvalue weighted by Crippen LogP contribution is -2.61. The summed E-state index contributed by atoms with van der Waals surface area (Å²) in [5.41, 5.74) is 0.871. The fourth-order valence-corrected chi connectivity index (χ4v) is 7.86. The van der Waals surface area contributed by atoms with Gasteiger partial charge in [0, 0.05) is 36.7 Å². The van der Waals surface area contributed by atoms with Crippen molar-refractivity contribution in [3.63, 3.8) is 0 Å². The second kappa shape index (κ2) is 16.2. The topological polar surface area (TPSA) is 100 Å². The number of rotatable bonds is 9. The molecule has 6 atom stereocenters. The Labute approximate surface area is 306 Å². The number of carbonyl (C=O) groups excluding carboxylic acids is 2. The number of halogens is 5.